The third-order valence-corrected chi connectivity index (χ3v) is 4.65. The fraction of sp³-hybridized carbons (Fsp3) is 0.682. The van der Waals surface area contributed by atoms with Crippen LogP contribution in [-0.4, -0.2) is 49.5 Å². The summed E-state index contributed by atoms with van der Waals surface area (Å²) in [4.78, 5) is 4.52. The molecule has 0 spiro atoms. The number of nitrogens with zero attached hydrogens (tertiary/aromatic N) is 1. The highest BCUT2D eigenvalue weighted by Crippen LogP contribution is 2.21. The second-order valence-electron chi connectivity index (χ2n) is 7.53. The van der Waals surface area contributed by atoms with Gasteiger partial charge in [-0.25, -0.2) is 0 Å². The molecule has 1 unspecified atom stereocenters. The fourth-order valence-corrected chi connectivity index (χ4v) is 3.28. The second kappa shape index (κ2) is 12.6. The molecule has 1 aliphatic rings. The maximum absolute atomic E-state index is 10.5. The molecule has 6 heteroatoms. The van der Waals surface area contributed by atoms with Crippen molar-refractivity contribution in [1.29, 1.82) is 0 Å². The first kappa shape index (κ1) is 22.5. The summed E-state index contributed by atoms with van der Waals surface area (Å²) < 4.78 is 11.6. The zero-order chi connectivity index (χ0) is 20.2. The Labute approximate surface area is 169 Å². The zero-order valence-electron chi connectivity index (χ0n) is 17.6. The van der Waals surface area contributed by atoms with Crippen molar-refractivity contribution in [2.45, 2.75) is 71.2 Å². The number of benzene rings is 1. The van der Waals surface area contributed by atoms with E-state index in [-0.39, 0.29) is 6.10 Å². The lowest BCUT2D eigenvalue weighted by Gasteiger charge is -2.15. The third-order valence-electron chi connectivity index (χ3n) is 4.65. The molecule has 1 atom stereocenters. The summed E-state index contributed by atoms with van der Waals surface area (Å²) in [5, 5.41) is 17.0. The number of aliphatic imine (C=N–C) groups is 1. The van der Waals surface area contributed by atoms with Crippen LogP contribution in [0.15, 0.2) is 29.3 Å². The number of ether oxygens (including phenoxy) is 2. The molecular formula is C22H37N3O3. The van der Waals surface area contributed by atoms with Crippen LogP contribution in [0.5, 0.6) is 5.75 Å². The molecule has 0 aromatic heterocycles. The molecule has 6 nitrogen and oxygen atoms in total. The van der Waals surface area contributed by atoms with Crippen LogP contribution >= 0.6 is 0 Å². The highest BCUT2D eigenvalue weighted by Gasteiger charge is 2.14. The molecule has 0 radical (unpaired) electrons. The molecule has 28 heavy (non-hydrogen) atoms. The molecule has 1 aromatic carbocycles. The van der Waals surface area contributed by atoms with Crippen LogP contribution < -0.4 is 15.4 Å². The molecular weight excluding hydrogens is 354 g/mol. The summed E-state index contributed by atoms with van der Waals surface area (Å²) >= 11 is 0. The Morgan fingerprint density at radius 3 is 2.75 bits per heavy atom. The van der Waals surface area contributed by atoms with E-state index in [1.54, 1.807) is 0 Å². The van der Waals surface area contributed by atoms with E-state index in [2.05, 4.69) is 15.6 Å². The normalized spacial score (nSPS) is 16.4. The molecule has 0 amide bonds. The number of aliphatic hydroxyl groups is 1. The summed E-state index contributed by atoms with van der Waals surface area (Å²) in [7, 11) is 0. The van der Waals surface area contributed by atoms with Crippen molar-refractivity contribution in [3.8, 4) is 5.75 Å². The molecule has 0 saturated heterocycles. The highest BCUT2D eigenvalue weighted by molar-refractivity contribution is 5.79. The van der Waals surface area contributed by atoms with Gasteiger partial charge in [-0.2, -0.15) is 0 Å². The van der Waals surface area contributed by atoms with E-state index in [9.17, 15) is 5.11 Å². The van der Waals surface area contributed by atoms with Gasteiger partial charge in [0.15, 0.2) is 5.96 Å². The van der Waals surface area contributed by atoms with Crippen molar-refractivity contribution < 1.29 is 14.6 Å². The highest BCUT2D eigenvalue weighted by atomic mass is 16.5. The van der Waals surface area contributed by atoms with Gasteiger partial charge < -0.3 is 25.2 Å². The first-order valence-corrected chi connectivity index (χ1v) is 10.7. The van der Waals surface area contributed by atoms with Crippen molar-refractivity contribution in [2.75, 3.05) is 26.2 Å². The van der Waals surface area contributed by atoms with E-state index in [1.165, 1.54) is 25.7 Å². The molecule has 2 rings (SSSR count). The van der Waals surface area contributed by atoms with Crippen LogP contribution in [0, 0.1) is 0 Å². The van der Waals surface area contributed by atoms with Crippen molar-refractivity contribution in [1.82, 2.24) is 10.6 Å². The number of nitrogens with one attached hydrogen (secondary N) is 2. The average Bonchev–Trinajstić information content (AvgIpc) is 3.18. The van der Waals surface area contributed by atoms with Gasteiger partial charge in [0.05, 0.1) is 24.9 Å². The van der Waals surface area contributed by atoms with Gasteiger partial charge in [0.1, 0.15) is 5.75 Å². The van der Waals surface area contributed by atoms with Crippen molar-refractivity contribution >= 4 is 5.96 Å². The van der Waals surface area contributed by atoms with Gasteiger partial charge in [-0.15, -0.1) is 0 Å². The minimum absolute atomic E-state index is 0.104. The fourth-order valence-electron chi connectivity index (χ4n) is 3.28. The zero-order valence-corrected chi connectivity index (χ0v) is 17.6. The Balaban J connectivity index is 1.76. The predicted molar refractivity (Wildman–Crippen MR) is 114 cm³/mol. The molecule has 1 fully saturated rings. The van der Waals surface area contributed by atoms with Crippen LogP contribution in [0.2, 0.25) is 0 Å². The Hall–Kier alpha value is -1.79. The van der Waals surface area contributed by atoms with Gasteiger partial charge >= 0.3 is 0 Å². The van der Waals surface area contributed by atoms with Gasteiger partial charge in [-0.1, -0.05) is 25.0 Å². The average molecular weight is 392 g/mol. The Morgan fingerprint density at radius 2 is 2.04 bits per heavy atom. The van der Waals surface area contributed by atoms with Crippen molar-refractivity contribution in [3.05, 3.63) is 29.8 Å². The van der Waals surface area contributed by atoms with Crippen LogP contribution in [0.4, 0.5) is 0 Å². The Bertz CT molecular complexity index is 586. The molecule has 158 valence electrons. The van der Waals surface area contributed by atoms with Crippen LogP contribution in [0.25, 0.3) is 0 Å². The largest absolute Gasteiger partial charge is 0.491 e. The first-order chi connectivity index (χ1) is 13.6. The van der Waals surface area contributed by atoms with E-state index >= 15 is 0 Å². The van der Waals surface area contributed by atoms with Gasteiger partial charge in [0, 0.05) is 19.7 Å². The van der Waals surface area contributed by atoms with Crippen LogP contribution in [-0.2, 0) is 4.74 Å². The van der Waals surface area contributed by atoms with Crippen molar-refractivity contribution in [3.63, 3.8) is 0 Å². The lowest BCUT2D eigenvalue weighted by atomic mass is 10.1. The summed E-state index contributed by atoms with van der Waals surface area (Å²) in [6.45, 7) is 8.65. The van der Waals surface area contributed by atoms with Gasteiger partial charge in [-0.3, -0.25) is 4.99 Å². The molecule has 1 saturated carbocycles. The number of hydrogen-bond acceptors (Lipinski definition) is 4. The standard InChI is InChI=1S/C22H37N3O3/c1-4-23-22(24-13-8-14-27-19-10-5-6-11-19)25-16-21(26)18-9-7-12-20(15-18)28-17(2)3/h7,9,12,15,17,19,21,26H,4-6,8,10-11,13-14,16H2,1-3H3,(H2,23,24,25). The summed E-state index contributed by atoms with van der Waals surface area (Å²) in [5.74, 6) is 1.49. The maximum Gasteiger partial charge on any atom is 0.191 e. The van der Waals surface area contributed by atoms with E-state index in [0.29, 0.717) is 12.6 Å². The minimum Gasteiger partial charge on any atom is -0.491 e. The number of guanidine groups is 1. The Kier molecular flexibility index (Phi) is 10.1. The second-order valence-corrected chi connectivity index (χ2v) is 7.53. The van der Waals surface area contributed by atoms with Crippen molar-refractivity contribution in [2.24, 2.45) is 4.99 Å². The molecule has 0 bridgehead atoms. The van der Waals surface area contributed by atoms with E-state index in [1.807, 2.05) is 45.0 Å². The van der Waals surface area contributed by atoms with Gasteiger partial charge in [-0.05, 0) is 57.7 Å². The molecule has 1 aromatic rings. The molecule has 0 aliphatic heterocycles. The lowest BCUT2D eigenvalue weighted by Crippen LogP contribution is -2.38. The topological polar surface area (TPSA) is 75.1 Å². The molecule has 1 aliphatic carbocycles. The maximum atomic E-state index is 10.5. The molecule has 0 heterocycles. The summed E-state index contributed by atoms with van der Waals surface area (Å²) in [6, 6.07) is 7.57. The van der Waals surface area contributed by atoms with E-state index in [4.69, 9.17) is 9.47 Å². The van der Waals surface area contributed by atoms with Crippen LogP contribution in [0.3, 0.4) is 0 Å². The summed E-state index contributed by atoms with van der Waals surface area (Å²) in [6.07, 6.45) is 5.86. The minimum atomic E-state index is -0.670. The summed E-state index contributed by atoms with van der Waals surface area (Å²) in [5.41, 5.74) is 0.808. The quantitative estimate of drug-likeness (QED) is 0.306. The Morgan fingerprint density at radius 1 is 1.25 bits per heavy atom. The monoisotopic (exact) mass is 391 g/mol. The van der Waals surface area contributed by atoms with E-state index < -0.39 is 6.10 Å². The van der Waals surface area contributed by atoms with E-state index in [0.717, 1.165) is 43.4 Å². The number of rotatable bonds is 11. The SMILES string of the molecule is CCNC(=NCC(O)c1cccc(OC(C)C)c1)NCCCOC1CCCC1. The van der Waals surface area contributed by atoms with Crippen LogP contribution in [0.1, 0.15) is 64.5 Å². The van der Waals surface area contributed by atoms with Gasteiger partial charge in [0.25, 0.3) is 0 Å². The lowest BCUT2D eigenvalue weighted by molar-refractivity contribution is 0.0574. The number of aliphatic hydroxyl groups excluding tert-OH is 1. The molecule has 3 N–H and O–H groups in total. The first-order valence-electron chi connectivity index (χ1n) is 10.7. The third kappa shape index (κ3) is 8.48. The van der Waals surface area contributed by atoms with Gasteiger partial charge in [0.2, 0.25) is 0 Å². The smallest absolute Gasteiger partial charge is 0.191 e. The predicted octanol–water partition coefficient (Wildman–Crippen LogP) is 3.41. The number of hydrogen-bond donors (Lipinski definition) is 3.